The first-order chi connectivity index (χ1) is 14.0. The Morgan fingerprint density at radius 1 is 0.931 bits per heavy atom. The first kappa shape index (κ1) is 18.9. The van der Waals surface area contributed by atoms with Crippen molar-refractivity contribution >= 4 is 34.4 Å². The highest BCUT2D eigenvalue weighted by atomic mass is 35.5. The molecule has 3 aromatic carbocycles. The van der Waals surface area contributed by atoms with Gasteiger partial charge in [-0.15, -0.1) is 11.6 Å². The van der Waals surface area contributed by atoms with Crippen molar-refractivity contribution in [2.75, 3.05) is 0 Å². The zero-order valence-electron chi connectivity index (χ0n) is 15.1. The number of benzene rings is 3. The summed E-state index contributed by atoms with van der Waals surface area (Å²) in [6, 6.07) is 18.0. The summed E-state index contributed by atoms with van der Waals surface area (Å²) in [5.41, 5.74) is 3.50. The highest BCUT2D eigenvalue weighted by Gasteiger charge is 2.20. The summed E-state index contributed by atoms with van der Waals surface area (Å²) in [5.74, 6) is -0.277. The summed E-state index contributed by atoms with van der Waals surface area (Å²) in [4.78, 5) is 24.8. The summed E-state index contributed by atoms with van der Waals surface area (Å²) >= 11 is 5.79. The second kappa shape index (κ2) is 7.53. The third kappa shape index (κ3) is 3.52. The summed E-state index contributed by atoms with van der Waals surface area (Å²) in [6.45, 7) is 0. The molecule has 0 spiro atoms. The lowest BCUT2D eigenvalue weighted by Crippen LogP contribution is -2.06. The van der Waals surface area contributed by atoms with Crippen LogP contribution in [0, 0.1) is 5.82 Å². The number of hydrogen-bond donors (Lipinski definition) is 1. The molecule has 0 aliphatic heterocycles. The molecule has 6 heteroatoms. The Kier molecular flexibility index (Phi) is 4.91. The van der Waals surface area contributed by atoms with E-state index in [4.69, 9.17) is 11.6 Å². The van der Waals surface area contributed by atoms with E-state index in [-0.39, 0.29) is 11.6 Å². The molecular weight excluding hydrogens is 393 g/mol. The van der Waals surface area contributed by atoms with Gasteiger partial charge >= 0.3 is 6.09 Å². The van der Waals surface area contributed by atoms with Gasteiger partial charge in [-0.05, 0) is 34.9 Å². The lowest BCUT2D eigenvalue weighted by atomic mass is 9.99. The van der Waals surface area contributed by atoms with Crippen molar-refractivity contribution in [1.29, 1.82) is 0 Å². The second-order valence-electron chi connectivity index (χ2n) is 6.59. The van der Waals surface area contributed by atoms with Crippen LogP contribution in [-0.2, 0) is 5.88 Å². The predicted octanol–water partition coefficient (Wildman–Crippen LogP) is 5.94. The monoisotopic (exact) mass is 407 g/mol. The van der Waals surface area contributed by atoms with E-state index >= 15 is 0 Å². The number of halogens is 2. The van der Waals surface area contributed by atoms with Crippen molar-refractivity contribution in [3.63, 3.8) is 0 Å². The zero-order valence-corrected chi connectivity index (χ0v) is 15.9. The average Bonchev–Trinajstić information content (AvgIpc) is 3.13. The van der Waals surface area contributed by atoms with E-state index in [0.717, 1.165) is 21.3 Å². The van der Waals surface area contributed by atoms with Gasteiger partial charge < -0.3 is 5.11 Å². The highest BCUT2D eigenvalue weighted by Crippen LogP contribution is 2.29. The maximum Gasteiger partial charge on any atom is 0.416 e. The Morgan fingerprint density at radius 2 is 1.59 bits per heavy atom. The molecule has 0 unspecified atom stereocenters. The summed E-state index contributed by atoms with van der Waals surface area (Å²) < 4.78 is 14.2. The molecular formula is C23H15ClFNO3. The molecule has 0 saturated heterocycles. The molecule has 0 saturated carbocycles. The van der Waals surface area contributed by atoms with E-state index in [1.807, 2.05) is 0 Å². The molecule has 0 fully saturated rings. The van der Waals surface area contributed by atoms with E-state index in [1.165, 1.54) is 18.3 Å². The molecule has 4 nitrogen and oxygen atoms in total. The molecule has 29 heavy (non-hydrogen) atoms. The number of carbonyl (C=O) groups is 2. The van der Waals surface area contributed by atoms with Crippen LogP contribution in [0.25, 0.3) is 22.0 Å². The lowest BCUT2D eigenvalue weighted by molar-refractivity contribution is 0.104. The van der Waals surface area contributed by atoms with E-state index in [1.54, 1.807) is 54.6 Å². The van der Waals surface area contributed by atoms with Crippen LogP contribution in [0.5, 0.6) is 0 Å². The van der Waals surface area contributed by atoms with E-state index < -0.39 is 6.09 Å². The largest absolute Gasteiger partial charge is 0.464 e. The summed E-state index contributed by atoms with van der Waals surface area (Å²) in [5, 5.41) is 10.1. The van der Waals surface area contributed by atoms with Crippen molar-refractivity contribution in [2.24, 2.45) is 0 Å². The maximum absolute atomic E-state index is 13.2. The normalized spacial score (nSPS) is 11.0. The molecule has 0 radical (unpaired) electrons. The molecule has 0 bridgehead atoms. The van der Waals surface area contributed by atoms with Crippen LogP contribution in [0.1, 0.15) is 21.5 Å². The molecule has 0 amide bonds. The van der Waals surface area contributed by atoms with Gasteiger partial charge in [0.25, 0.3) is 0 Å². The Hall–Kier alpha value is -3.44. The number of carboxylic acid groups (broad SMARTS) is 1. The van der Waals surface area contributed by atoms with Crippen LogP contribution < -0.4 is 0 Å². The molecule has 144 valence electrons. The molecule has 4 aromatic rings. The fourth-order valence-corrected chi connectivity index (χ4v) is 3.47. The van der Waals surface area contributed by atoms with E-state index in [0.29, 0.717) is 27.9 Å². The topological polar surface area (TPSA) is 59.3 Å². The van der Waals surface area contributed by atoms with Gasteiger partial charge in [0.05, 0.1) is 5.52 Å². The number of rotatable bonds is 4. The Morgan fingerprint density at radius 3 is 2.21 bits per heavy atom. The minimum absolute atomic E-state index is 0.273. The van der Waals surface area contributed by atoms with Crippen molar-refractivity contribution in [1.82, 2.24) is 4.57 Å². The Bertz CT molecular complexity index is 1230. The van der Waals surface area contributed by atoms with Crippen LogP contribution in [0.2, 0.25) is 0 Å². The number of fused-ring (bicyclic) bond motifs is 1. The molecule has 1 N–H and O–H groups in total. The van der Waals surface area contributed by atoms with Crippen molar-refractivity contribution in [3.05, 3.63) is 95.4 Å². The molecule has 1 heterocycles. The SMILES string of the molecule is O=C(c1ccc(CCl)cc1)c1cn(C(=O)O)c2cc(-c3ccc(F)cc3)ccc12. The standard InChI is InChI=1S/C23H15ClFNO3/c24-12-14-1-3-16(4-2-14)22(27)20-13-26(23(28)29)21-11-17(7-10-19(20)21)15-5-8-18(25)9-6-15/h1-11,13H,12H2,(H,28,29). The fraction of sp³-hybridized carbons (Fsp3) is 0.0435. The van der Waals surface area contributed by atoms with Gasteiger partial charge in [-0.2, -0.15) is 0 Å². The van der Waals surface area contributed by atoms with Crippen LogP contribution in [0.3, 0.4) is 0 Å². The van der Waals surface area contributed by atoms with Gasteiger partial charge in [0.2, 0.25) is 0 Å². The Labute approximate surface area is 170 Å². The van der Waals surface area contributed by atoms with Gasteiger partial charge in [-0.3, -0.25) is 9.36 Å². The third-order valence-corrected chi connectivity index (χ3v) is 5.11. The molecule has 1 aromatic heterocycles. The number of nitrogens with zero attached hydrogens (tertiary/aromatic N) is 1. The van der Waals surface area contributed by atoms with Gasteiger partial charge in [0.1, 0.15) is 5.82 Å². The van der Waals surface area contributed by atoms with Crippen molar-refractivity contribution in [2.45, 2.75) is 5.88 Å². The highest BCUT2D eigenvalue weighted by molar-refractivity contribution is 6.18. The molecule has 4 rings (SSSR count). The second-order valence-corrected chi connectivity index (χ2v) is 6.86. The first-order valence-corrected chi connectivity index (χ1v) is 9.35. The average molecular weight is 408 g/mol. The van der Waals surface area contributed by atoms with Crippen LogP contribution in [-0.4, -0.2) is 21.6 Å². The van der Waals surface area contributed by atoms with Crippen LogP contribution in [0.15, 0.2) is 72.9 Å². The minimum atomic E-state index is -1.19. The van der Waals surface area contributed by atoms with Gasteiger partial charge in [-0.1, -0.05) is 48.5 Å². The number of hydrogen-bond acceptors (Lipinski definition) is 2. The van der Waals surface area contributed by atoms with E-state index in [2.05, 4.69) is 0 Å². The number of carbonyl (C=O) groups excluding carboxylic acids is 1. The summed E-state index contributed by atoms with van der Waals surface area (Å²) in [7, 11) is 0. The number of aromatic nitrogens is 1. The minimum Gasteiger partial charge on any atom is -0.464 e. The maximum atomic E-state index is 13.2. The Balaban J connectivity index is 1.83. The first-order valence-electron chi connectivity index (χ1n) is 8.82. The van der Waals surface area contributed by atoms with Crippen LogP contribution >= 0.6 is 11.6 Å². The zero-order chi connectivity index (χ0) is 20.5. The number of alkyl halides is 1. The van der Waals surface area contributed by atoms with Gasteiger partial charge in [0, 0.05) is 28.6 Å². The number of ketones is 1. The van der Waals surface area contributed by atoms with Crippen molar-refractivity contribution in [3.8, 4) is 11.1 Å². The van der Waals surface area contributed by atoms with Crippen LogP contribution in [0.4, 0.5) is 9.18 Å². The third-order valence-electron chi connectivity index (χ3n) is 4.80. The summed E-state index contributed by atoms with van der Waals surface area (Å²) in [6.07, 6.45) is 0.141. The predicted molar refractivity (Wildman–Crippen MR) is 110 cm³/mol. The van der Waals surface area contributed by atoms with Gasteiger partial charge in [0.15, 0.2) is 5.78 Å². The fourth-order valence-electron chi connectivity index (χ4n) is 3.29. The van der Waals surface area contributed by atoms with Gasteiger partial charge in [-0.25, -0.2) is 9.18 Å². The van der Waals surface area contributed by atoms with Crippen molar-refractivity contribution < 1.29 is 19.1 Å². The molecule has 0 aliphatic carbocycles. The quantitative estimate of drug-likeness (QED) is 0.336. The van der Waals surface area contributed by atoms with E-state index in [9.17, 15) is 19.1 Å². The lowest BCUT2D eigenvalue weighted by Gasteiger charge is -2.05. The molecule has 0 aliphatic rings. The molecule has 0 atom stereocenters. The smallest absolute Gasteiger partial charge is 0.416 e.